The van der Waals surface area contributed by atoms with Gasteiger partial charge in [0.2, 0.25) is 0 Å². The zero-order valence-electron chi connectivity index (χ0n) is 6.17. The molecule has 0 unspecified atom stereocenters. The molecule has 0 radical (unpaired) electrons. The van der Waals surface area contributed by atoms with E-state index in [1.54, 1.807) is 0 Å². The second-order valence-electron chi connectivity index (χ2n) is 2.59. The molecule has 66 valence electrons. The van der Waals surface area contributed by atoms with Gasteiger partial charge in [-0.1, -0.05) is 0 Å². The quantitative estimate of drug-likeness (QED) is 0.554. The van der Waals surface area contributed by atoms with Crippen LogP contribution < -0.4 is 0 Å². The Morgan fingerprint density at radius 3 is 2.83 bits per heavy atom. The van der Waals surface area contributed by atoms with Crippen molar-refractivity contribution in [1.82, 2.24) is 4.90 Å². The van der Waals surface area contributed by atoms with Crippen molar-refractivity contribution in [3.05, 3.63) is 0 Å². The fourth-order valence-corrected chi connectivity index (χ4v) is 1.54. The van der Waals surface area contributed by atoms with E-state index in [2.05, 4.69) is 5.75 Å². The summed E-state index contributed by atoms with van der Waals surface area (Å²) in [5.74, 6) is 1.29. The number of carboxylic acids is 1. The summed E-state index contributed by atoms with van der Waals surface area (Å²) in [4.78, 5) is 11.8. The SMILES string of the molecule is O=P#CN1C[C@H](O)C[C@H]1C(=O)O. The molecule has 0 amide bonds. The monoisotopic (exact) mass is 189 g/mol. The first-order valence-electron chi connectivity index (χ1n) is 3.40. The van der Waals surface area contributed by atoms with Gasteiger partial charge >= 0.3 is 69.2 Å². The van der Waals surface area contributed by atoms with Crippen molar-refractivity contribution in [3.8, 4) is 5.75 Å². The van der Waals surface area contributed by atoms with Crippen LogP contribution in [0.15, 0.2) is 0 Å². The summed E-state index contributed by atoms with van der Waals surface area (Å²) in [6.07, 6.45) is -0.502. The molecule has 12 heavy (non-hydrogen) atoms. The van der Waals surface area contributed by atoms with Crippen LogP contribution in [0.1, 0.15) is 6.42 Å². The van der Waals surface area contributed by atoms with Crippen molar-refractivity contribution >= 4 is 13.9 Å². The van der Waals surface area contributed by atoms with E-state index < -0.39 is 18.1 Å². The van der Waals surface area contributed by atoms with Crippen LogP contribution in [0, 0.1) is 5.75 Å². The van der Waals surface area contributed by atoms with E-state index in [1.165, 1.54) is 4.90 Å². The fraction of sp³-hybridized carbons (Fsp3) is 0.667. The number of rotatable bonds is 1. The molecule has 1 fully saturated rings. The van der Waals surface area contributed by atoms with Crippen LogP contribution in [0.25, 0.3) is 0 Å². The Labute approximate surface area is 70.1 Å². The number of likely N-dealkylation sites (tertiary alicyclic amines) is 1. The van der Waals surface area contributed by atoms with Crippen LogP contribution in [0.5, 0.6) is 0 Å². The van der Waals surface area contributed by atoms with Crippen molar-refractivity contribution < 1.29 is 19.6 Å². The van der Waals surface area contributed by atoms with Crippen molar-refractivity contribution in [1.29, 1.82) is 0 Å². The number of nitrogens with zero attached hydrogens (tertiary/aromatic N) is 1. The molecule has 1 aliphatic heterocycles. The number of aliphatic carboxylic acids is 1. The number of β-amino-alcohol motifs (C(OH)–C–C–N with tert-alkyl or cyclic N) is 1. The number of aliphatic hydroxyl groups is 1. The topological polar surface area (TPSA) is 77.8 Å². The summed E-state index contributed by atoms with van der Waals surface area (Å²) in [6.45, 7) is 0.187. The predicted octanol–water partition coefficient (Wildman–Crippen LogP) is -0.285. The van der Waals surface area contributed by atoms with Crippen molar-refractivity contribution in [3.63, 3.8) is 0 Å². The Balaban J connectivity index is 2.76. The minimum atomic E-state index is -1.03. The molecule has 0 aromatic heterocycles. The number of hydrogen-bond donors (Lipinski definition) is 2. The van der Waals surface area contributed by atoms with Gasteiger partial charge in [0, 0.05) is 0 Å². The number of aliphatic hydroxyl groups excluding tert-OH is 1. The summed E-state index contributed by atoms with van der Waals surface area (Å²) in [5, 5.41) is 17.7. The van der Waals surface area contributed by atoms with Gasteiger partial charge in [-0.3, -0.25) is 0 Å². The molecule has 2 N–H and O–H groups in total. The Hall–Kier alpha value is -0.600. The fourth-order valence-electron chi connectivity index (χ4n) is 1.21. The molecule has 0 spiro atoms. The Morgan fingerprint density at radius 2 is 2.33 bits per heavy atom. The molecule has 1 heterocycles. The normalized spacial score (nSPS) is 29.8. The van der Waals surface area contributed by atoms with Gasteiger partial charge in [-0.25, -0.2) is 0 Å². The van der Waals surface area contributed by atoms with Gasteiger partial charge in [-0.2, -0.15) is 0 Å². The molecular formula is C6H8NO4P. The zero-order chi connectivity index (χ0) is 9.14. The van der Waals surface area contributed by atoms with Crippen LogP contribution in [-0.4, -0.2) is 39.8 Å². The standard InChI is InChI=1S/C6H8NO4P/c8-4-1-5(6(9)10)7(2-4)3-12-11/h4-5,8H,1-2H2,(H,9,10)/t4-,5+/m1/s1. The summed E-state index contributed by atoms with van der Waals surface area (Å²) in [7, 11) is -0.357. The van der Waals surface area contributed by atoms with E-state index >= 15 is 0 Å². The van der Waals surface area contributed by atoms with E-state index in [0.717, 1.165) is 0 Å². The molecule has 0 aromatic rings. The van der Waals surface area contributed by atoms with Gasteiger partial charge in [-0.05, 0) is 0 Å². The first kappa shape index (κ1) is 9.49. The molecule has 0 aliphatic carbocycles. The third kappa shape index (κ3) is 1.96. The van der Waals surface area contributed by atoms with E-state index in [9.17, 15) is 9.36 Å². The molecule has 1 aliphatic rings. The third-order valence-corrected chi connectivity index (χ3v) is 2.07. The summed E-state index contributed by atoms with van der Waals surface area (Å²) < 4.78 is 10.1. The van der Waals surface area contributed by atoms with Crippen molar-refractivity contribution in [2.75, 3.05) is 6.54 Å². The molecular weight excluding hydrogens is 181 g/mol. The number of hydrogen-bond acceptors (Lipinski definition) is 4. The minimum absolute atomic E-state index is 0.165. The van der Waals surface area contributed by atoms with Gasteiger partial charge in [0.25, 0.3) is 0 Å². The Bertz CT molecular complexity index is 285. The summed E-state index contributed by atoms with van der Waals surface area (Å²) in [6, 6.07) is -0.790. The summed E-state index contributed by atoms with van der Waals surface area (Å²) >= 11 is 0. The van der Waals surface area contributed by atoms with Crippen molar-refractivity contribution in [2.24, 2.45) is 0 Å². The van der Waals surface area contributed by atoms with E-state index in [0.29, 0.717) is 0 Å². The molecule has 0 aromatic carbocycles. The molecule has 2 atom stereocenters. The van der Waals surface area contributed by atoms with Crippen LogP contribution in [0.2, 0.25) is 0 Å². The Morgan fingerprint density at radius 1 is 1.67 bits per heavy atom. The zero-order valence-corrected chi connectivity index (χ0v) is 7.07. The molecule has 0 saturated carbocycles. The van der Waals surface area contributed by atoms with Gasteiger partial charge in [-0.15, -0.1) is 0 Å². The average Bonchev–Trinajstić information content (AvgIpc) is 2.32. The van der Waals surface area contributed by atoms with E-state index in [4.69, 9.17) is 10.2 Å². The van der Waals surface area contributed by atoms with E-state index in [1.807, 2.05) is 0 Å². The Kier molecular flexibility index (Phi) is 3.06. The average molecular weight is 189 g/mol. The third-order valence-electron chi connectivity index (χ3n) is 1.73. The molecule has 1 saturated heterocycles. The maximum absolute atomic E-state index is 10.5. The molecule has 1 rings (SSSR count). The second kappa shape index (κ2) is 3.87. The van der Waals surface area contributed by atoms with Crippen LogP contribution in [-0.2, 0) is 9.36 Å². The maximum atomic E-state index is 10.5. The van der Waals surface area contributed by atoms with E-state index in [-0.39, 0.29) is 20.9 Å². The van der Waals surface area contributed by atoms with Crippen molar-refractivity contribution in [2.45, 2.75) is 18.6 Å². The number of carbonyl (C=O) groups is 1. The first-order chi connectivity index (χ1) is 5.65. The van der Waals surface area contributed by atoms with Gasteiger partial charge in [0.15, 0.2) is 0 Å². The second-order valence-corrected chi connectivity index (χ2v) is 2.97. The molecule has 5 nitrogen and oxygen atoms in total. The van der Waals surface area contributed by atoms with Gasteiger partial charge < -0.3 is 0 Å². The first-order valence-corrected chi connectivity index (χ1v) is 4.22. The van der Waals surface area contributed by atoms with Gasteiger partial charge in [0.05, 0.1) is 0 Å². The van der Waals surface area contributed by atoms with Crippen LogP contribution in [0.4, 0.5) is 0 Å². The molecule has 6 heteroatoms. The summed E-state index contributed by atoms with van der Waals surface area (Å²) in [5.41, 5.74) is 0. The van der Waals surface area contributed by atoms with Crippen LogP contribution >= 0.6 is 7.92 Å². The van der Waals surface area contributed by atoms with Crippen LogP contribution in [0.3, 0.4) is 0 Å². The predicted molar refractivity (Wildman–Crippen MR) is 40.2 cm³/mol. The van der Waals surface area contributed by atoms with Gasteiger partial charge in [0.1, 0.15) is 0 Å². The molecule has 0 bridgehead atoms. The number of carboxylic acid groups (broad SMARTS) is 1.